The minimum Gasteiger partial charge on any atom is -0.206 e. The van der Waals surface area contributed by atoms with Gasteiger partial charge in [-0.25, -0.2) is 8.78 Å². The van der Waals surface area contributed by atoms with Gasteiger partial charge in [0.1, 0.15) is 27.8 Å². The maximum absolute atomic E-state index is 15.5. The van der Waals surface area contributed by atoms with Gasteiger partial charge in [0.15, 0.2) is 0 Å². The molecule has 48 heavy (non-hydrogen) atoms. The van der Waals surface area contributed by atoms with Crippen LogP contribution in [0.4, 0.5) is 8.78 Å². The van der Waals surface area contributed by atoms with E-state index in [0.29, 0.717) is 44.0 Å². The SMILES string of the molecule is CC(C)[Si](C#Cc1c2cc3cccc(F)c3cc2c(C#C[Si](C(C)C)(C(C)C)C(C)C)c2cc3c(F)cccc3cc12)(C(C)C)C(C)C. The van der Waals surface area contributed by atoms with E-state index >= 15 is 8.78 Å². The van der Waals surface area contributed by atoms with Gasteiger partial charge < -0.3 is 0 Å². The van der Waals surface area contributed by atoms with Gasteiger partial charge in [0.05, 0.1) is 0 Å². The van der Waals surface area contributed by atoms with E-state index in [9.17, 15) is 0 Å². The zero-order valence-corrected chi connectivity index (χ0v) is 33.0. The third kappa shape index (κ3) is 5.80. The van der Waals surface area contributed by atoms with Crippen LogP contribution in [-0.2, 0) is 0 Å². The summed E-state index contributed by atoms with van der Waals surface area (Å²) in [4.78, 5) is 0. The van der Waals surface area contributed by atoms with Gasteiger partial charge in [0.25, 0.3) is 0 Å². The minimum absolute atomic E-state index is 0.258. The fourth-order valence-corrected chi connectivity index (χ4v) is 19.6. The summed E-state index contributed by atoms with van der Waals surface area (Å²) in [5.41, 5.74) is 12.5. The summed E-state index contributed by atoms with van der Waals surface area (Å²) in [6, 6.07) is 18.7. The van der Waals surface area contributed by atoms with Crippen LogP contribution in [0, 0.1) is 34.6 Å². The van der Waals surface area contributed by atoms with Crippen molar-refractivity contribution in [1.29, 1.82) is 0 Å². The molecule has 0 N–H and O–H groups in total. The summed E-state index contributed by atoms with van der Waals surface area (Å²) in [5, 5.41) is 6.55. The summed E-state index contributed by atoms with van der Waals surface area (Å²) < 4.78 is 31.0. The molecule has 0 aromatic heterocycles. The smallest absolute Gasteiger partial charge is 0.146 e. The van der Waals surface area contributed by atoms with Crippen LogP contribution in [0.25, 0.3) is 43.1 Å². The number of rotatable bonds is 6. The highest BCUT2D eigenvalue weighted by atomic mass is 28.3. The van der Waals surface area contributed by atoms with Gasteiger partial charge in [-0.05, 0) is 102 Å². The van der Waals surface area contributed by atoms with Crippen molar-refractivity contribution in [2.45, 2.75) is 116 Å². The second kappa shape index (κ2) is 13.5. The Hall–Kier alpha value is -3.45. The summed E-state index contributed by atoms with van der Waals surface area (Å²) in [5.74, 6) is 7.06. The predicted molar refractivity (Wildman–Crippen MR) is 212 cm³/mol. The van der Waals surface area contributed by atoms with Crippen LogP contribution in [0.5, 0.6) is 0 Å². The van der Waals surface area contributed by atoms with Crippen LogP contribution in [0.3, 0.4) is 0 Å². The van der Waals surface area contributed by atoms with E-state index in [-0.39, 0.29) is 11.6 Å². The fourth-order valence-electron chi connectivity index (χ4n) is 9.17. The Kier molecular flexibility index (Phi) is 10.1. The van der Waals surface area contributed by atoms with Gasteiger partial charge in [-0.1, -0.05) is 119 Å². The third-order valence-corrected chi connectivity index (χ3v) is 24.1. The van der Waals surface area contributed by atoms with Crippen LogP contribution in [-0.4, -0.2) is 16.1 Å². The molecule has 0 bridgehead atoms. The van der Waals surface area contributed by atoms with E-state index in [1.807, 2.05) is 24.3 Å². The molecule has 4 heteroatoms. The van der Waals surface area contributed by atoms with Crippen molar-refractivity contribution >= 4 is 59.2 Å². The molecular formula is C44H52F2Si2. The van der Waals surface area contributed by atoms with Crippen LogP contribution >= 0.6 is 0 Å². The van der Waals surface area contributed by atoms with E-state index in [1.165, 1.54) is 12.1 Å². The highest BCUT2D eigenvalue weighted by molar-refractivity contribution is 6.91. The lowest BCUT2D eigenvalue weighted by atomic mass is 9.89. The highest BCUT2D eigenvalue weighted by Crippen LogP contribution is 2.44. The maximum atomic E-state index is 15.5. The molecule has 0 amide bonds. The molecule has 5 aromatic carbocycles. The molecule has 5 rings (SSSR count). The Bertz CT molecular complexity index is 2000. The number of halogens is 2. The van der Waals surface area contributed by atoms with Gasteiger partial charge >= 0.3 is 0 Å². The average Bonchev–Trinajstić information content (AvgIpc) is 3.00. The largest absolute Gasteiger partial charge is 0.206 e. The molecule has 0 aliphatic heterocycles. The van der Waals surface area contributed by atoms with E-state index in [4.69, 9.17) is 0 Å². The minimum atomic E-state index is -2.14. The Labute approximate surface area is 289 Å². The second-order valence-corrected chi connectivity index (χ2v) is 26.9. The van der Waals surface area contributed by atoms with Gasteiger partial charge in [-0.2, -0.15) is 0 Å². The average molecular weight is 675 g/mol. The first-order chi connectivity index (χ1) is 22.6. The first-order valence-electron chi connectivity index (χ1n) is 17.8. The quantitative estimate of drug-likeness (QED) is 0.0955. The molecule has 0 unspecified atom stereocenters. The maximum Gasteiger partial charge on any atom is 0.146 e. The number of benzene rings is 5. The highest BCUT2D eigenvalue weighted by Gasteiger charge is 2.43. The summed E-state index contributed by atoms with van der Waals surface area (Å²) in [6.07, 6.45) is 0. The van der Waals surface area contributed by atoms with Crippen LogP contribution in [0.2, 0.25) is 33.2 Å². The lowest BCUT2D eigenvalue weighted by Crippen LogP contribution is -2.43. The summed E-state index contributed by atoms with van der Waals surface area (Å²) >= 11 is 0. The van der Waals surface area contributed by atoms with E-state index in [1.54, 1.807) is 12.1 Å². The molecule has 0 aliphatic rings. The zero-order chi connectivity index (χ0) is 35.3. The first kappa shape index (κ1) is 35.9. The standard InChI is InChI=1S/C44H52F2Si2/c1-27(2)47(28(3)4,29(5)6)21-19-35-39-23-33-15-13-17-43(45)37(33)25-41(39)36(20-22-48(30(7)8,31(9)10)32(11)12)42-26-38-34(24-40(35)42)16-14-18-44(38)46/h13-18,23-32H,1-12H3. The molecule has 0 radical (unpaired) electrons. The van der Waals surface area contributed by atoms with Crippen molar-refractivity contribution in [3.05, 3.63) is 83.4 Å². The van der Waals surface area contributed by atoms with Crippen molar-refractivity contribution in [3.8, 4) is 22.9 Å². The predicted octanol–water partition coefficient (Wildman–Crippen LogP) is 13.7. The Morgan fingerprint density at radius 3 is 1.00 bits per heavy atom. The molecule has 0 spiro atoms. The molecule has 0 fully saturated rings. The molecule has 5 aromatic rings. The van der Waals surface area contributed by atoms with Gasteiger partial charge in [0.2, 0.25) is 0 Å². The first-order valence-corrected chi connectivity index (χ1v) is 22.3. The van der Waals surface area contributed by atoms with E-state index in [2.05, 4.69) is 118 Å². The van der Waals surface area contributed by atoms with Crippen LogP contribution < -0.4 is 0 Å². The van der Waals surface area contributed by atoms with Gasteiger partial charge in [-0.15, -0.1) is 11.1 Å². The monoisotopic (exact) mass is 674 g/mol. The van der Waals surface area contributed by atoms with Crippen molar-refractivity contribution in [2.24, 2.45) is 0 Å². The summed E-state index contributed by atoms with van der Waals surface area (Å²) in [7, 11) is -4.24. The van der Waals surface area contributed by atoms with Gasteiger partial charge in [0, 0.05) is 21.9 Å². The molecule has 0 nitrogen and oxygen atoms in total. The molecule has 250 valence electrons. The lowest BCUT2D eigenvalue weighted by molar-refractivity contribution is 0.639. The second-order valence-electron chi connectivity index (χ2n) is 15.8. The van der Waals surface area contributed by atoms with Crippen molar-refractivity contribution in [3.63, 3.8) is 0 Å². The Morgan fingerprint density at radius 2 is 0.708 bits per heavy atom. The number of fused-ring (bicyclic) bond motifs is 4. The number of hydrogen-bond acceptors (Lipinski definition) is 0. The van der Waals surface area contributed by atoms with Crippen LogP contribution in [0.15, 0.2) is 60.7 Å². The Balaban J connectivity index is 2.07. The Morgan fingerprint density at radius 1 is 0.417 bits per heavy atom. The summed E-state index contributed by atoms with van der Waals surface area (Å²) in [6.45, 7) is 27.9. The zero-order valence-electron chi connectivity index (χ0n) is 31.0. The third-order valence-electron chi connectivity index (χ3n) is 11.5. The topological polar surface area (TPSA) is 0 Å². The molecule has 0 heterocycles. The number of hydrogen-bond donors (Lipinski definition) is 0. The molecule has 0 atom stereocenters. The lowest BCUT2D eigenvalue weighted by Gasteiger charge is -2.38. The molecule has 0 aliphatic carbocycles. The van der Waals surface area contributed by atoms with Crippen molar-refractivity contribution < 1.29 is 8.78 Å². The van der Waals surface area contributed by atoms with Crippen molar-refractivity contribution in [2.75, 3.05) is 0 Å². The fraction of sp³-hybridized carbons (Fsp3) is 0.409. The van der Waals surface area contributed by atoms with E-state index in [0.717, 1.165) is 43.4 Å². The molecule has 0 saturated heterocycles. The molecule has 0 saturated carbocycles. The van der Waals surface area contributed by atoms with E-state index < -0.39 is 16.1 Å². The van der Waals surface area contributed by atoms with Crippen molar-refractivity contribution in [1.82, 2.24) is 0 Å². The molecular weight excluding hydrogens is 623 g/mol. The normalized spacial score (nSPS) is 12.8. The van der Waals surface area contributed by atoms with Gasteiger partial charge in [-0.3, -0.25) is 0 Å². The van der Waals surface area contributed by atoms with Crippen LogP contribution in [0.1, 0.15) is 94.2 Å².